The Balaban J connectivity index is 1.27. The van der Waals surface area contributed by atoms with Crippen molar-refractivity contribution in [3.05, 3.63) is 39.7 Å². The second-order valence-electron chi connectivity index (χ2n) is 10.7. The summed E-state index contributed by atoms with van der Waals surface area (Å²) in [6.45, 7) is 4.81. The van der Waals surface area contributed by atoms with Gasteiger partial charge in [-0.3, -0.25) is 9.59 Å². The van der Waals surface area contributed by atoms with E-state index in [1.54, 1.807) is 17.0 Å². The van der Waals surface area contributed by atoms with Gasteiger partial charge >= 0.3 is 5.63 Å². The molecule has 2 N–H and O–H groups in total. The molecular weight excluding hydrogens is 472 g/mol. The number of piperidine rings is 1. The van der Waals surface area contributed by atoms with Crippen LogP contribution in [0.2, 0.25) is 0 Å². The van der Waals surface area contributed by atoms with E-state index in [9.17, 15) is 19.5 Å². The highest BCUT2D eigenvalue weighted by atomic mass is 16.5. The van der Waals surface area contributed by atoms with Crippen LogP contribution in [0.25, 0.3) is 11.0 Å². The molecule has 0 bridgehead atoms. The Morgan fingerprint density at radius 2 is 2.05 bits per heavy atom. The molecule has 2 amide bonds. The zero-order chi connectivity index (χ0) is 26.4. The molecule has 202 valence electrons. The molecule has 2 aromatic rings. The highest BCUT2D eigenvalue weighted by molar-refractivity contribution is 5.86. The molecule has 4 rings (SSSR count). The van der Waals surface area contributed by atoms with Crippen LogP contribution in [0.15, 0.2) is 27.4 Å². The Morgan fingerprint density at radius 3 is 2.86 bits per heavy atom. The van der Waals surface area contributed by atoms with Gasteiger partial charge in [0.05, 0.1) is 12.1 Å². The van der Waals surface area contributed by atoms with Crippen molar-refractivity contribution in [2.24, 2.45) is 5.92 Å². The molecule has 1 aromatic carbocycles. The first kappa shape index (κ1) is 27.2. The summed E-state index contributed by atoms with van der Waals surface area (Å²) in [4.78, 5) is 39.3. The van der Waals surface area contributed by atoms with Crippen LogP contribution in [0.1, 0.15) is 75.8 Å². The molecule has 37 heavy (non-hydrogen) atoms. The van der Waals surface area contributed by atoms with Crippen molar-refractivity contribution < 1.29 is 23.8 Å². The number of amides is 2. The molecule has 8 heteroatoms. The van der Waals surface area contributed by atoms with Crippen molar-refractivity contribution in [2.75, 3.05) is 26.2 Å². The number of ether oxygens (including phenoxy) is 1. The summed E-state index contributed by atoms with van der Waals surface area (Å²) < 4.78 is 11.2. The van der Waals surface area contributed by atoms with Crippen LogP contribution in [0.4, 0.5) is 0 Å². The van der Waals surface area contributed by atoms with E-state index in [1.165, 1.54) is 0 Å². The fourth-order valence-electron chi connectivity index (χ4n) is 5.77. The number of benzene rings is 1. The van der Waals surface area contributed by atoms with E-state index in [4.69, 9.17) is 9.15 Å². The standard InChI is InChI=1S/C29H40N2O6/c1-3-4-5-6-10-24-20(2)23-12-11-22(16-25(23)37-28(24)34)36-19-26(32)30-17-27(33)31-15-14-29(35)13-8-7-9-21(29)18-31/h11-12,16,21,35H,3-10,13-15,17-19H2,1-2H3,(H,30,32)/t21-,29-/m0/s1. The molecule has 1 aliphatic heterocycles. The lowest BCUT2D eigenvalue weighted by molar-refractivity contribution is -0.143. The number of hydrogen-bond acceptors (Lipinski definition) is 6. The van der Waals surface area contributed by atoms with Crippen molar-refractivity contribution in [3.8, 4) is 5.75 Å². The normalized spacial score (nSPS) is 21.5. The molecule has 1 saturated heterocycles. The van der Waals surface area contributed by atoms with Gasteiger partial charge in [0, 0.05) is 36.0 Å². The lowest BCUT2D eigenvalue weighted by Gasteiger charge is -2.47. The molecule has 1 saturated carbocycles. The molecule has 2 heterocycles. The van der Waals surface area contributed by atoms with Crippen molar-refractivity contribution >= 4 is 22.8 Å². The summed E-state index contributed by atoms with van der Waals surface area (Å²) in [5, 5.41) is 14.3. The predicted octanol–water partition coefficient (Wildman–Crippen LogP) is 3.87. The lowest BCUT2D eigenvalue weighted by Crippen LogP contribution is -2.56. The monoisotopic (exact) mass is 512 g/mol. The number of rotatable bonds is 10. The molecule has 8 nitrogen and oxygen atoms in total. The molecular formula is C29H40N2O6. The van der Waals surface area contributed by atoms with Crippen molar-refractivity contribution in [1.29, 1.82) is 0 Å². The number of carbonyl (C=O) groups excluding carboxylic acids is 2. The highest BCUT2D eigenvalue weighted by Crippen LogP contribution is 2.39. The Morgan fingerprint density at radius 1 is 1.22 bits per heavy atom. The Kier molecular flexibility index (Phi) is 8.90. The Hall–Kier alpha value is -2.87. The number of nitrogens with one attached hydrogen (secondary N) is 1. The van der Waals surface area contributed by atoms with E-state index in [0.717, 1.165) is 67.9 Å². The highest BCUT2D eigenvalue weighted by Gasteiger charge is 2.43. The third-order valence-corrected chi connectivity index (χ3v) is 8.13. The summed E-state index contributed by atoms with van der Waals surface area (Å²) in [7, 11) is 0. The van der Waals surface area contributed by atoms with Gasteiger partial charge in [-0.15, -0.1) is 0 Å². The molecule has 0 spiro atoms. The van der Waals surface area contributed by atoms with Gasteiger partial charge < -0.3 is 24.5 Å². The zero-order valence-electron chi connectivity index (χ0n) is 22.1. The minimum atomic E-state index is -0.639. The molecule has 1 aromatic heterocycles. The number of unbranched alkanes of at least 4 members (excludes halogenated alkanes) is 3. The maximum absolute atomic E-state index is 12.6. The Labute approximate surface area is 218 Å². The van der Waals surface area contributed by atoms with E-state index in [0.29, 0.717) is 37.3 Å². The van der Waals surface area contributed by atoms with Crippen LogP contribution in [0.3, 0.4) is 0 Å². The number of aryl methyl sites for hydroxylation is 1. The fraction of sp³-hybridized carbons (Fsp3) is 0.621. The first-order valence-electron chi connectivity index (χ1n) is 13.8. The third kappa shape index (κ3) is 6.53. The van der Waals surface area contributed by atoms with Gasteiger partial charge in [-0.2, -0.15) is 0 Å². The zero-order valence-corrected chi connectivity index (χ0v) is 22.1. The van der Waals surface area contributed by atoms with E-state index in [1.807, 2.05) is 13.0 Å². The summed E-state index contributed by atoms with van der Waals surface area (Å²) in [5.74, 6) is -0.0133. The van der Waals surface area contributed by atoms with Gasteiger partial charge in [-0.25, -0.2) is 4.79 Å². The maximum Gasteiger partial charge on any atom is 0.339 e. The van der Waals surface area contributed by atoms with Gasteiger partial charge in [0.1, 0.15) is 11.3 Å². The lowest BCUT2D eigenvalue weighted by atomic mass is 9.71. The number of nitrogens with zero attached hydrogens (tertiary/aromatic N) is 1. The van der Waals surface area contributed by atoms with E-state index >= 15 is 0 Å². The minimum absolute atomic E-state index is 0.0971. The molecule has 2 atom stereocenters. The van der Waals surface area contributed by atoms with Crippen molar-refractivity contribution in [1.82, 2.24) is 10.2 Å². The van der Waals surface area contributed by atoms with Crippen LogP contribution in [-0.2, 0) is 16.0 Å². The first-order chi connectivity index (χ1) is 17.8. The summed E-state index contributed by atoms with van der Waals surface area (Å²) in [6.07, 6.45) is 9.54. The minimum Gasteiger partial charge on any atom is -0.484 e. The van der Waals surface area contributed by atoms with Crippen LogP contribution < -0.4 is 15.7 Å². The number of hydrogen-bond donors (Lipinski definition) is 2. The van der Waals surface area contributed by atoms with Crippen molar-refractivity contribution in [3.63, 3.8) is 0 Å². The molecule has 2 aliphatic rings. The number of aliphatic hydroxyl groups is 1. The van der Waals surface area contributed by atoms with Crippen LogP contribution in [-0.4, -0.2) is 53.7 Å². The number of likely N-dealkylation sites (tertiary alicyclic amines) is 1. The van der Waals surface area contributed by atoms with E-state index in [2.05, 4.69) is 12.2 Å². The smallest absolute Gasteiger partial charge is 0.339 e. The number of carbonyl (C=O) groups is 2. The molecule has 1 aliphatic carbocycles. The van der Waals surface area contributed by atoms with Gasteiger partial charge in [0.15, 0.2) is 6.61 Å². The SMILES string of the molecule is CCCCCCc1c(C)c2ccc(OCC(=O)NCC(=O)N3CC[C@@]4(O)CCCC[C@H]4C3)cc2oc1=O. The Bertz CT molecular complexity index is 1170. The second-order valence-corrected chi connectivity index (χ2v) is 10.7. The largest absolute Gasteiger partial charge is 0.484 e. The molecule has 0 unspecified atom stereocenters. The van der Waals surface area contributed by atoms with Crippen LogP contribution in [0.5, 0.6) is 5.75 Å². The molecule has 2 fully saturated rings. The molecule has 0 radical (unpaired) electrons. The quantitative estimate of drug-likeness (QED) is 0.370. The second kappa shape index (κ2) is 12.1. The summed E-state index contributed by atoms with van der Waals surface area (Å²) in [6, 6.07) is 5.23. The van der Waals surface area contributed by atoms with E-state index < -0.39 is 11.5 Å². The van der Waals surface area contributed by atoms with Crippen LogP contribution >= 0.6 is 0 Å². The fourth-order valence-corrected chi connectivity index (χ4v) is 5.77. The van der Waals surface area contributed by atoms with Gasteiger partial charge in [-0.1, -0.05) is 39.0 Å². The van der Waals surface area contributed by atoms with E-state index in [-0.39, 0.29) is 30.6 Å². The maximum atomic E-state index is 12.6. The first-order valence-corrected chi connectivity index (χ1v) is 13.8. The van der Waals surface area contributed by atoms with Crippen LogP contribution in [0, 0.1) is 12.8 Å². The summed E-state index contributed by atoms with van der Waals surface area (Å²) in [5.41, 5.74) is 1.12. The average Bonchev–Trinajstić information content (AvgIpc) is 2.89. The number of fused-ring (bicyclic) bond motifs is 2. The average molecular weight is 513 g/mol. The third-order valence-electron chi connectivity index (χ3n) is 8.13. The predicted molar refractivity (Wildman–Crippen MR) is 142 cm³/mol. The van der Waals surface area contributed by atoms with Gasteiger partial charge in [0.25, 0.3) is 5.91 Å². The van der Waals surface area contributed by atoms with Gasteiger partial charge in [-0.05, 0) is 56.7 Å². The topological polar surface area (TPSA) is 109 Å². The summed E-state index contributed by atoms with van der Waals surface area (Å²) >= 11 is 0. The van der Waals surface area contributed by atoms with Crippen molar-refractivity contribution in [2.45, 2.75) is 83.7 Å². The van der Waals surface area contributed by atoms with Gasteiger partial charge in [0.2, 0.25) is 5.91 Å².